The number of ether oxygens (including phenoxy) is 2. The van der Waals surface area contributed by atoms with Crippen LogP contribution >= 0.6 is 0 Å². The molecule has 2 saturated heterocycles. The summed E-state index contributed by atoms with van der Waals surface area (Å²) in [5, 5.41) is 26.2. The van der Waals surface area contributed by atoms with E-state index in [0.29, 0.717) is 70.6 Å². The number of carbonyl (C=O) groups excluding carboxylic acids is 4. The van der Waals surface area contributed by atoms with Crippen molar-refractivity contribution in [2.24, 2.45) is 17.3 Å². The van der Waals surface area contributed by atoms with E-state index in [2.05, 4.69) is 53.2 Å². The van der Waals surface area contributed by atoms with Crippen LogP contribution in [0.4, 0.5) is 0 Å². The Hall–Kier alpha value is -5.35. The maximum absolute atomic E-state index is 14.7. The number of nitrogens with one attached hydrogen (secondary N) is 2. The first kappa shape index (κ1) is 46.6. The zero-order valence-corrected chi connectivity index (χ0v) is 38.4. The van der Waals surface area contributed by atoms with Crippen LogP contribution in [0.15, 0.2) is 54.9 Å². The number of aryl methyl sites for hydroxylation is 1. The van der Waals surface area contributed by atoms with Crippen molar-refractivity contribution in [3.8, 4) is 28.1 Å². The van der Waals surface area contributed by atoms with E-state index in [1.807, 2.05) is 43.1 Å². The fraction of sp³-hybridized carbons (Fsp3) is 0.531. The molecule has 15 heteroatoms. The van der Waals surface area contributed by atoms with E-state index < -0.39 is 41.3 Å². The summed E-state index contributed by atoms with van der Waals surface area (Å²) in [5.41, 5.74) is 9.84. The van der Waals surface area contributed by atoms with Gasteiger partial charge in [-0.05, 0) is 103 Å². The quantitative estimate of drug-likeness (QED) is 0.154. The van der Waals surface area contributed by atoms with Crippen LogP contribution in [0.2, 0.25) is 0 Å². The van der Waals surface area contributed by atoms with Crippen molar-refractivity contribution in [3.05, 3.63) is 71.5 Å². The summed E-state index contributed by atoms with van der Waals surface area (Å²) >= 11 is 0. The second-order valence-electron chi connectivity index (χ2n) is 18.8. The number of rotatable bonds is 11. The number of carbonyl (C=O) groups is 4. The highest BCUT2D eigenvalue weighted by molar-refractivity contribution is 5.96. The number of aliphatic hydroxyl groups is 1. The molecule has 4 aromatic rings. The molecule has 2 aromatic carbocycles. The highest BCUT2D eigenvalue weighted by Gasteiger charge is 2.40. The van der Waals surface area contributed by atoms with E-state index in [0.717, 1.165) is 44.4 Å². The largest absolute Gasteiger partial charge is 0.508 e. The molecule has 3 aliphatic heterocycles. The summed E-state index contributed by atoms with van der Waals surface area (Å²) in [5.74, 6) is -2.18. The average Bonchev–Trinajstić information content (AvgIpc) is 3.86. The van der Waals surface area contributed by atoms with Gasteiger partial charge in [0, 0.05) is 81.0 Å². The van der Waals surface area contributed by atoms with Gasteiger partial charge in [-0.25, -0.2) is 5.43 Å². The number of pyridine rings is 1. The number of fused-ring (bicyclic) bond motifs is 6. The number of phenols is 1. The molecule has 6 bridgehead atoms. The molecule has 7 rings (SSSR count). The lowest BCUT2D eigenvalue weighted by Gasteiger charge is -2.37. The SMILES string of the molecule is CCn1c(-c2cnccc2COC)c2c3cc(ccc31)-c1cc(O)cc(c1)C[C@H](NC(=O)C(C(C)C)N(C)C(=O)[C@H]1CCN(CCO)C1)C(=O)N1CCC[C@H](N1)C(=O)OCC(C)(C)C2. The minimum Gasteiger partial charge on any atom is -0.508 e. The molecular formula is C49H65N7O8. The van der Waals surface area contributed by atoms with Crippen LogP contribution in [-0.4, -0.2) is 130 Å². The van der Waals surface area contributed by atoms with E-state index in [-0.39, 0.29) is 43.1 Å². The molecule has 4 N–H and O–H groups in total. The molecule has 64 heavy (non-hydrogen) atoms. The maximum Gasteiger partial charge on any atom is 0.324 e. The van der Waals surface area contributed by atoms with Gasteiger partial charge in [0.05, 0.1) is 31.4 Å². The zero-order valence-electron chi connectivity index (χ0n) is 38.4. The number of hydrogen-bond donors (Lipinski definition) is 4. The number of cyclic esters (lactones) is 1. The average molecular weight is 880 g/mol. The number of hydrazine groups is 1. The van der Waals surface area contributed by atoms with Crippen LogP contribution in [-0.2, 0) is 54.6 Å². The number of aliphatic hydroxyl groups excluding tert-OH is 1. The first-order chi connectivity index (χ1) is 30.6. The van der Waals surface area contributed by atoms with Crippen LogP contribution in [0.1, 0.15) is 70.6 Å². The number of aromatic hydroxyl groups is 1. The van der Waals surface area contributed by atoms with Gasteiger partial charge in [0.25, 0.3) is 5.91 Å². The molecule has 5 heterocycles. The fourth-order valence-corrected chi connectivity index (χ4v) is 9.92. The summed E-state index contributed by atoms with van der Waals surface area (Å²) in [6, 6.07) is 10.7. The van der Waals surface area contributed by atoms with Crippen molar-refractivity contribution in [1.29, 1.82) is 0 Å². The number of methoxy groups -OCH3 is 1. The number of phenolic OH excluding ortho intramolecular Hbond substituents is 1. The van der Waals surface area contributed by atoms with Crippen LogP contribution in [0.3, 0.4) is 0 Å². The van der Waals surface area contributed by atoms with E-state index >= 15 is 0 Å². The molecule has 344 valence electrons. The van der Waals surface area contributed by atoms with Crippen molar-refractivity contribution in [2.45, 2.75) is 98.0 Å². The van der Waals surface area contributed by atoms with Gasteiger partial charge >= 0.3 is 5.97 Å². The topological polar surface area (TPSA) is 179 Å². The molecule has 2 aromatic heterocycles. The van der Waals surface area contributed by atoms with E-state index in [4.69, 9.17) is 9.47 Å². The smallest absolute Gasteiger partial charge is 0.324 e. The number of hydrogen-bond acceptors (Lipinski definition) is 11. The Labute approximate surface area is 376 Å². The highest BCUT2D eigenvalue weighted by atomic mass is 16.5. The summed E-state index contributed by atoms with van der Waals surface area (Å²) < 4.78 is 14.0. The molecule has 4 atom stereocenters. The first-order valence-electron chi connectivity index (χ1n) is 22.7. The van der Waals surface area contributed by atoms with Gasteiger partial charge < -0.3 is 39.4 Å². The number of esters is 1. The molecular weight excluding hydrogens is 815 g/mol. The summed E-state index contributed by atoms with van der Waals surface area (Å²) in [7, 11) is 3.31. The molecule has 0 saturated carbocycles. The Morgan fingerprint density at radius 3 is 2.62 bits per heavy atom. The van der Waals surface area contributed by atoms with Crippen molar-refractivity contribution < 1.29 is 38.9 Å². The number of likely N-dealkylation sites (N-methyl/N-ethyl adjacent to an activating group) is 1. The number of β-amino-alcohol motifs (C(OH)–C–C–N with tert-alkyl or cyclic N) is 1. The molecule has 2 fully saturated rings. The number of nitrogens with zero attached hydrogens (tertiary/aromatic N) is 5. The second kappa shape index (κ2) is 19.8. The Morgan fingerprint density at radius 2 is 1.89 bits per heavy atom. The molecule has 3 aliphatic rings. The van der Waals surface area contributed by atoms with Crippen molar-refractivity contribution >= 4 is 34.6 Å². The molecule has 0 spiro atoms. The summed E-state index contributed by atoms with van der Waals surface area (Å²) in [4.78, 5) is 65.0. The van der Waals surface area contributed by atoms with Crippen LogP contribution in [0.5, 0.6) is 5.75 Å². The number of benzene rings is 2. The number of amides is 3. The Balaban J connectivity index is 1.31. The third kappa shape index (κ3) is 9.97. The van der Waals surface area contributed by atoms with Gasteiger partial charge in [0.2, 0.25) is 11.8 Å². The molecule has 0 aliphatic carbocycles. The van der Waals surface area contributed by atoms with Crippen LogP contribution < -0.4 is 10.7 Å². The minimum absolute atomic E-state index is 0.00312. The van der Waals surface area contributed by atoms with Crippen molar-refractivity contribution in [3.63, 3.8) is 0 Å². The first-order valence-corrected chi connectivity index (χ1v) is 22.7. The predicted molar refractivity (Wildman–Crippen MR) is 244 cm³/mol. The zero-order chi connectivity index (χ0) is 45.9. The minimum atomic E-state index is -1.13. The predicted octanol–water partition coefficient (Wildman–Crippen LogP) is 4.69. The Morgan fingerprint density at radius 1 is 1.09 bits per heavy atom. The molecule has 15 nitrogen and oxygen atoms in total. The van der Waals surface area contributed by atoms with Gasteiger partial charge in [-0.2, -0.15) is 0 Å². The van der Waals surface area contributed by atoms with E-state index in [1.54, 1.807) is 32.5 Å². The lowest BCUT2D eigenvalue weighted by Crippen LogP contribution is -2.62. The normalized spacial score (nSPS) is 21.1. The number of aromatic nitrogens is 2. The van der Waals surface area contributed by atoms with Crippen LogP contribution in [0.25, 0.3) is 33.3 Å². The van der Waals surface area contributed by atoms with E-state index in [1.165, 1.54) is 9.91 Å². The lowest BCUT2D eigenvalue weighted by atomic mass is 9.84. The van der Waals surface area contributed by atoms with Gasteiger partial charge in [0.1, 0.15) is 23.9 Å². The molecule has 3 amide bonds. The van der Waals surface area contributed by atoms with Gasteiger partial charge in [-0.15, -0.1) is 0 Å². The Kier molecular flexibility index (Phi) is 14.4. The van der Waals surface area contributed by atoms with Gasteiger partial charge in [0.15, 0.2) is 0 Å². The van der Waals surface area contributed by atoms with Crippen molar-refractivity contribution in [2.75, 3.05) is 53.6 Å². The molecule has 0 radical (unpaired) electrons. The monoisotopic (exact) mass is 879 g/mol. The fourth-order valence-electron chi connectivity index (χ4n) is 9.92. The lowest BCUT2D eigenvalue weighted by molar-refractivity contribution is -0.155. The standard InChI is InChI=1S/C49H65N7O8/c1-8-55-42-12-11-32-24-37(42)38(44(55)39-26-50-15-13-34(39)28-63-7)25-49(4,5)29-64-48(62)40-10-9-16-56(52-40)47(61)41(22-31-20-35(32)23-36(58)21-31)51-45(59)43(30(2)3)53(6)46(60)33-14-17-54(27-33)18-19-57/h11-13,15,20-21,23-24,26,30,33,40-41,43,52,57-58H,8-10,14,16-19,22,25,27-29H2,1-7H3,(H,51,59)/t33-,40-,41-,43?/m0/s1. The van der Waals surface area contributed by atoms with E-state index in [9.17, 15) is 29.4 Å². The number of likely N-dealkylation sites (tertiary alicyclic amines) is 1. The Bertz CT molecular complexity index is 2360. The van der Waals surface area contributed by atoms with Gasteiger partial charge in [-0.3, -0.25) is 29.2 Å². The second-order valence-corrected chi connectivity index (χ2v) is 18.8. The summed E-state index contributed by atoms with van der Waals surface area (Å²) in [6.45, 7) is 13.2. The maximum atomic E-state index is 14.7. The highest BCUT2D eigenvalue weighted by Crippen LogP contribution is 2.41. The van der Waals surface area contributed by atoms with Gasteiger partial charge in [-0.1, -0.05) is 39.8 Å². The molecule has 1 unspecified atom stereocenters. The summed E-state index contributed by atoms with van der Waals surface area (Å²) in [6.07, 6.45) is 5.82. The third-order valence-electron chi connectivity index (χ3n) is 13.0. The van der Waals surface area contributed by atoms with Crippen molar-refractivity contribution in [1.82, 2.24) is 35.1 Å². The third-order valence-corrected chi connectivity index (χ3v) is 13.0. The van der Waals surface area contributed by atoms with Crippen LogP contribution in [0, 0.1) is 17.3 Å².